The second kappa shape index (κ2) is 13.6. The minimum atomic E-state index is -0.940. The molecule has 0 radical (unpaired) electrons. The number of hydrogen-bond donors (Lipinski definition) is 2. The molecule has 6 nitrogen and oxygen atoms in total. The third-order valence-electron chi connectivity index (χ3n) is 5.51. The number of carbonyl (C=O) groups excluding carboxylic acids is 2. The maximum atomic E-state index is 13.2. The van der Waals surface area contributed by atoms with Crippen molar-refractivity contribution >= 4 is 40.7 Å². The molecular formula is C30H26Cl2N2O4. The molecule has 38 heavy (non-hydrogen) atoms. The van der Waals surface area contributed by atoms with Crippen LogP contribution >= 0.6 is 23.2 Å². The van der Waals surface area contributed by atoms with Crippen molar-refractivity contribution in [2.45, 2.75) is 19.1 Å². The Morgan fingerprint density at radius 1 is 0.789 bits per heavy atom. The van der Waals surface area contributed by atoms with E-state index in [1.165, 1.54) is 0 Å². The quantitative estimate of drug-likeness (QED) is 0.219. The van der Waals surface area contributed by atoms with Crippen molar-refractivity contribution in [2.24, 2.45) is 0 Å². The number of hydrogen-bond acceptors (Lipinski definition) is 4. The Morgan fingerprint density at radius 3 is 2.16 bits per heavy atom. The summed E-state index contributed by atoms with van der Waals surface area (Å²) in [6.45, 7) is 0.275. The van der Waals surface area contributed by atoms with Gasteiger partial charge < -0.3 is 20.1 Å². The van der Waals surface area contributed by atoms with Gasteiger partial charge in [-0.25, -0.2) is 0 Å². The van der Waals surface area contributed by atoms with E-state index in [-0.39, 0.29) is 18.9 Å². The average Bonchev–Trinajstić information content (AvgIpc) is 2.92. The van der Waals surface area contributed by atoms with E-state index in [4.69, 9.17) is 32.7 Å². The van der Waals surface area contributed by atoms with Crippen molar-refractivity contribution in [1.82, 2.24) is 5.32 Å². The molecule has 0 saturated carbocycles. The van der Waals surface area contributed by atoms with Gasteiger partial charge in [0.25, 0.3) is 0 Å². The van der Waals surface area contributed by atoms with E-state index in [2.05, 4.69) is 10.6 Å². The number of rotatable bonds is 11. The summed E-state index contributed by atoms with van der Waals surface area (Å²) >= 11 is 12.3. The van der Waals surface area contributed by atoms with Gasteiger partial charge in [-0.1, -0.05) is 71.7 Å². The maximum absolute atomic E-state index is 13.2. The molecule has 0 aliphatic rings. The Labute approximate surface area is 231 Å². The maximum Gasteiger partial charge on any atom is 0.249 e. The normalized spacial score (nSPS) is 11.4. The van der Waals surface area contributed by atoms with Crippen LogP contribution in [0, 0.1) is 0 Å². The topological polar surface area (TPSA) is 76.7 Å². The number of ether oxygens (including phenoxy) is 2. The second-order valence-corrected chi connectivity index (χ2v) is 9.31. The molecule has 4 rings (SSSR count). The van der Waals surface area contributed by atoms with Gasteiger partial charge in [-0.05, 0) is 65.7 Å². The lowest BCUT2D eigenvalue weighted by Crippen LogP contribution is -2.47. The van der Waals surface area contributed by atoms with Crippen molar-refractivity contribution < 1.29 is 19.1 Å². The average molecular weight is 549 g/mol. The molecule has 4 aromatic carbocycles. The molecule has 0 aliphatic carbocycles. The van der Waals surface area contributed by atoms with E-state index in [1.54, 1.807) is 42.5 Å². The van der Waals surface area contributed by atoms with Crippen molar-refractivity contribution in [1.29, 1.82) is 0 Å². The fraction of sp³-hybridized carbons (Fsp3) is 0.133. The third-order valence-corrected chi connectivity index (χ3v) is 6.11. The monoisotopic (exact) mass is 548 g/mol. The Hall–Kier alpha value is -3.84. The van der Waals surface area contributed by atoms with Crippen LogP contribution in [-0.2, 0) is 27.4 Å². The highest BCUT2D eigenvalue weighted by Crippen LogP contribution is 2.23. The molecule has 194 valence electrons. The van der Waals surface area contributed by atoms with Crippen LogP contribution in [-0.4, -0.2) is 24.5 Å². The van der Waals surface area contributed by atoms with Crippen LogP contribution in [0.15, 0.2) is 103 Å². The zero-order chi connectivity index (χ0) is 26.7. The molecule has 4 aromatic rings. The molecule has 1 atom stereocenters. The van der Waals surface area contributed by atoms with E-state index in [9.17, 15) is 9.59 Å². The summed E-state index contributed by atoms with van der Waals surface area (Å²) in [5.41, 5.74) is 2.07. The summed E-state index contributed by atoms with van der Waals surface area (Å²) < 4.78 is 11.6. The van der Waals surface area contributed by atoms with Crippen molar-refractivity contribution in [3.63, 3.8) is 0 Å². The SMILES string of the molecule is O=C(Cc1cc(Cl)ccc1Cl)N[C@@H](COCc1ccccc1)C(=O)Nc1ccc(Oc2ccccc2)cc1. The summed E-state index contributed by atoms with van der Waals surface area (Å²) in [6.07, 6.45) is -0.0343. The number of halogens is 2. The lowest BCUT2D eigenvalue weighted by molar-refractivity contribution is -0.127. The van der Waals surface area contributed by atoms with Gasteiger partial charge in [0, 0.05) is 15.7 Å². The van der Waals surface area contributed by atoms with Crippen molar-refractivity contribution in [2.75, 3.05) is 11.9 Å². The molecule has 0 aromatic heterocycles. The van der Waals surface area contributed by atoms with Gasteiger partial charge in [-0.3, -0.25) is 9.59 Å². The van der Waals surface area contributed by atoms with Crippen LogP contribution in [0.5, 0.6) is 11.5 Å². The molecule has 2 amide bonds. The van der Waals surface area contributed by atoms with Gasteiger partial charge in [0.2, 0.25) is 11.8 Å². The number of amides is 2. The number of benzene rings is 4. The van der Waals surface area contributed by atoms with E-state index < -0.39 is 11.9 Å². The Kier molecular flexibility index (Phi) is 9.76. The number of carbonyl (C=O) groups is 2. The van der Waals surface area contributed by atoms with Crippen LogP contribution in [0.3, 0.4) is 0 Å². The van der Waals surface area contributed by atoms with Crippen LogP contribution < -0.4 is 15.4 Å². The zero-order valence-electron chi connectivity index (χ0n) is 20.4. The fourth-order valence-corrected chi connectivity index (χ4v) is 3.99. The standard InChI is InChI=1S/C30H26Cl2N2O4/c31-23-11-16-27(32)22(17-23)18-29(35)34-28(20-37-19-21-7-3-1-4-8-21)30(36)33-24-12-14-26(15-13-24)38-25-9-5-2-6-10-25/h1-17,28H,18-20H2,(H,33,36)(H,34,35)/t28-/m0/s1. The predicted molar refractivity (Wildman–Crippen MR) is 150 cm³/mol. The molecule has 0 heterocycles. The molecular weight excluding hydrogens is 523 g/mol. The first-order valence-electron chi connectivity index (χ1n) is 11.9. The van der Waals surface area contributed by atoms with Crippen LogP contribution in [0.1, 0.15) is 11.1 Å². The molecule has 8 heteroatoms. The first-order chi connectivity index (χ1) is 18.5. The molecule has 2 N–H and O–H groups in total. The van der Waals surface area contributed by atoms with Gasteiger partial charge in [0.05, 0.1) is 19.6 Å². The summed E-state index contributed by atoms with van der Waals surface area (Å²) in [5, 5.41) is 6.49. The molecule has 0 spiro atoms. The Morgan fingerprint density at radius 2 is 1.45 bits per heavy atom. The number of para-hydroxylation sites is 1. The lowest BCUT2D eigenvalue weighted by Gasteiger charge is -2.19. The molecule has 0 bridgehead atoms. The van der Waals surface area contributed by atoms with Gasteiger partial charge in [0.1, 0.15) is 17.5 Å². The number of anilines is 1. The molecule has 0 aliphatic heterocycles. The van der Waals surface area contributed by atoms with E-state index in [0.717, 1.165) is 5.56 Å². The molecule has 0 unspecified atom stereocenters. The van der Waals surface area contributed by atoms with Crippen LogP contribution in [0.4, 0.5) is 5.69 Å². The van der Waals surface area contributed by atoms with Gasteiger partial charge in [-0.2, -0.15) is 0 Å². The summed E-state index contributed by atoms with van der Waals surface area (Å²) in [6, 6.07) is 29.9. The van der Waals surface area contributed by atoms with Crippen molar-refractivity contribution in [3.8, 4) is 11.5 Å². The Bertz CT molecular complexity index is 1350. The van der Waals surface area contributed by atoms with E-state index >= 15 is 0 Å². The highest BCUT2D eigenvalue weighted by molar-refractivity contribution is 6.33. The zero-order valence-corrected chi connectivity index (χ0v) is 21.9. The minimum Gasteiger partial charge on any atom is -0.457 e. The first-order valence-corrected chi connectivity index (χ1v) is 12.7. The van der Waals surface area contributed by atoms with Crippen molar-refractivity contribution in [3.05, 3.63) is 124 Å². The van der Waals surface area contributed by atoms with Gasteiger partial charge in [-0.15, -0.1) is 0 Å². The summed E-state index contributed by atoms with van der Waals surface area (Å²) in [7, 11) is 0. The molecule has 0 saturated heterocycles. The lowest BCUT2D eigenvalue weighted by atomic mass is 10.1. The van der Waals surface area contributed by atoms with Gasteiger partial charge in [0.15, 0.2) is 0 Å². The largest absolute Gasteiger partial charge is 0.457 e. The molecule has 0 fully saturated rings. The fourth-order valence-electron chi connectivity index (χ4n) is 3.61. The minimum absolute atomic E-state index is 0.0229. The van der Waals surface area contributed by atoms with Crippen LogP contribution in [0.25, 0.3) is 0 Å². The highest BCUT2D eigenvalue weighted by Gasteiger charge is 2.22. The van der Waals surface area contributed by atoms with Crippen LogP contribution in [0.2, 0.25) is 10.0 Å². The summed E-state index contributed by atoms with van der Waals surface area (Å²) in [4.78, 5) is 26.0. The highest BCUT2D eigenvalue weighted by atomic mass is 35.5. The number of nitrogens with one attached hydrogen (secondary N) is 2. The third kappa shape index (κ3) is 8.35. The summed E-state index contributed by atoms with van der Waals surface area (Å²) in [5.74, 6) is 0.538. The second-order valence-electron chi connectivity index (χ2n) is 8.46. The Balaban J connectivity index is 1.40. The smallest absolute Gasteiger partial charge is 0.249 e. The van der Waals surface area contributed by atoms with E-state index in [0.29, 0.717) is 39.4 Å². The van der Waals surface area contributed by atoms with E-state index in [1.807, 2.05) is 60.7 Å². The van der Waals surface area contributed by atoms with Gasteiger partial charge >= 0.3 is 0 Å². The first kappa shape index (κ1) is 27.2. The predicted octanol–water partition coefficient (Wildman–Crippen LogP) is 6.67.